The van der Waals surface area contributed by atoms with Gasteiger partial charge in [-0.2, -0.15) is 0 Å². The van der Waals surface area contributed by atoms with E-state index >= 15 is 0 Å². The summed E-state index contributed by atoms with van der Waals surface area (Å²) in [4.78, 5) is 0. The predicted octanol–water partition coefficient (Wildman–Crippen LogP) is 3.84. The first-order valence-electron chi connectivity index (χ1n) is 5.95. The molecule has 14 heavy (non-hydrogen) atoms. The number of hydrogen-bond acceptors (Lipinski definition) is 1. The summed E-state index contributed by atoms with van der Waals surface area (Å²) in [6, 6.07) is 0. The minimum atomic E-state index is -1.31. The van der Waals surface area contributed by atoms with Crippen LogP contribution >= 0.6 is 14.2 Å². The van der Waals surface area contributed by atoms with Crippen LogP contribution in [-0.2, 0) is 0 Å². The molecule has 0 saturated carbocycles. The first-order chi connectivity index (χ1) is 6.54. The number of hydrogen-bond donors (Lipinski definition) is 0. The fraction of sp³-hybridized carbons (Fsp3) is 1.00. The van der Waals surface area contributed by atoms with Gasteiger partial charge in [0.2, 0.25) is 0 Å². The second-order valence-electron chi connectivity index (χ2n) is 5.05. The molecule has 0 aromatic rings. The van der Waals surface area contributed by atoms with Gasteiger partial charge in [-0.15, -0.1) is 0 Å². The molecular formula is C10H26S2Sn2. The average molecular weight is 448 g/mol. The van der Waals surface area contributed by atoms with Gasteiger partial charge >= 0.3 is 104 Å². The predicted molar refractivity (Wildman–Crippen MR) is 80.8 cm³/mol. The van der Waals surface area contributed by atoms with Crippen LogP contribution < -0.4 is 0 Å². The molecule has 1 aliphatic rings. The van der Waals surface area contributed by atoms with Gasteiger partial charge in [0.1, 0.15) is 0 Å². The van der Waals surface area contributed by atoms with Gasteiger partial charge in [-0.05, 0) is 0 Å². The van der Waals surface area contributed by atoms with Gasteiger partial charge in [0, 0.05) is 0 Å². The van der Waals surface area contributed by atoms with Crippen molar-refractivity contribution in [2.24, 2.45) is 0 Å². The van der Waals surface area contributed by atoms with Crippen molar-refractivity contribution in [2.45, 2.75) is 48.4 Å². The molecule has 1 rings (SSSR count). The van der Waals surface area contributed by atoms with E-state index in [2.05, 4.69) is 34.3 Å². The Hall–Kier alpha value is 2.30. The van der Waals surface area contributed by atoms with Gasteiger partial charge in [-0.1, -0.05) is 0 Å². The van der Waals surface area contributed by atoms with E-state index in [1.807, 2.05) is 0 Å². The molecule has 0 aromatic carbocycles. The Kier molecular flexibility index (Phi) is 6.45. The summed E-state index contributed by atoms with van der Waals surface area (Å²) in [7, 11) is 2.64. The topological polar surface area (TPSA) is 0 Å². The van der Waals surface area contributed by atoms with E-state index in [0.29, 0.717) is 0 Å². The second kappa shape index (κ2) is 6.29. The Morgan fingerprint density at radius 3 is 1.79 bits per heavy atom. The molecule has 0 spiro atoms. The molecule has 1 aliphatic heterocycles. The molecule has 0 aromatic heterocycles. The van der Waals surface area contributed by atoms with Crippen molar-refractivity contribution in [3.63, 3.8) is 0 Å². The van der Waals surface area contributed by atoms with Gasteiger partial charge in [-0.3, -0.25) is 0 Å². The molecule has 0 aliphatic carbocycles. The van der Waals surface area contributed by atoms with E-state index in [0.717, 1.165) is 0 Å². The van der Waals surface area contributed by atoms with Gasteiger partial charge < -0.3 is 0 Å². The van der Waals surface area contributed by atoms with Crippen LogP contribution in [-0.4, -0.2) is 41.4 Å². The Morgan fingerprint density at radius 1 is 1.07 bits per heavy atom. The Labute approximate surface area is 103 Å². The maximum absolute atomic E-state index is 2.64. The van der Waals surface area contributed by atoms with E-state index in [1.54, 1.807) is 21.7 Å². The maximum atomic E-state index is 2.64. The molecule has 4 heteroatoms. The van der Waals surface area contributed by atoms with Crippen LogP contribution in [0.5, 0.6) is 0 Å². The Balaban J connectivity index is 2.38. The van der Waals surface area contributed by atoms with Gasteiger partial charge in [0.05, 0.1) is 0 Å². The van der Waals surface area contributed by atoms with Crippen molar-refractivity contribution in [1.82, 2.24) is 0 Å². The monoisotopic (exact) mass is 450 g/mol. The SMILES string of the molecule is CCC[CH2][Sn]1([CH2]CCC)[S][S](C)(C)[SnH2]1. The summed E-state index contributed by atoms with van der Waals surface area (Å²) in [6.07, 6.45) is 11.4. The summed E-state index contributed by atoms with van der Waals surface area (Å²) in [5.41, 5.74) is 0. The fourth-order valence-electron chi connectivity index (χ4n) is 2.46. The van der Waals surface area contributed by atoms with E-state index in [4.69, 9.17) is 0 Å². The van der Waals surface area contributed by atoms with Crippen molar-refractivity contribution in [2.75, 3.05) is 12.5 Å². The summed E-state index contributed by atoms with van der Waals surface area (Å²) < 4.78 is 3.56. The van der Waals surface area contributed by atoms with E-state index in [1.165, 1.54) is 12.8 Å². The Morgan fingerprint density at radius 2 is 1.50 bits per heavy atom. The van der Waals surface area contributed by atoms with Crippen molar-refractivity contribution < 1.29 is 0 Å². The quantitative estimate of drug-likeness (QED) is 0.440. The molecular weight excluding hydrogens is 422 g/mol. The minimum absolute atomic E-state index is 0.0701. The zero-order valence-electron chi connectivity index (χ0n) is 10.3. The first kappa shape index (κ1) is 14.4. The summed E-state index contributed by atoms with van der Waals surface area (Å²) >= 11 is -1.52. The fourth-order valence-corrected chi connectivity index (χ4v) is 300. The standard InChI is InChI=1S/2C4H9.C2H6S2.2Sn.2H/c2*1-3-4-2;1-4(2)3;;;;/h2*1,3-4H2,2H3;1-2H3;;;;/q;;;-1;+1;;. The van der Waals surface area contributed by atoms with Crippen molar-refractivity contribution in [1.29, 1.82) is 0 Å². The third-order valence-electron chi connectivity index (χ3n) is 2.98. The van der Waals surface area contributed by atoms with E-state index < -0.39 is 13.0 Å². The zero-order valence-corrected chi connectivity index (χ0v) is 18.8. The number of rotatable bonds is 6. The summed E-state index contributed by atoms with van der Waals surface area (Å²) in [5, 5.41) is 0. The zero-order chi connectivity index (χ0) is 10.7. The first-order valence-corrected chi connectivity index (χ1v) is 37.9. The molecule has 1 saturated heterocycles. The molecule has 0 nitrogen and oxygen atoms in total. The normalized spacial score (nSPS) is 27.1. The van der Waals surface area contributed by atoms with Gasteiger partial charge in [-0.25, -0.2) is 0 Å². The second-order valence-corrected chi connectivity index (χ2v) is 102. The summed E-state index contributed by atoms with van der Waals surface area (Å²) in [5.74, 6) is 0. The molecule has 0 radical (unpaired) electrons. The number of unbranched alkanes of at least 4 members (excludes halogenated alkanes) is 2. The van der Waals surface area contributed by atoms with Gasteiger partial charge in [0.15, 0.2) is 0 Å². The molecule has 0 unspecified atom stereocenters. The van der Waals surface area contributed by atoms with Crippen molar-refractivity contribution in [3.8, 4) is 0 Å². The van der Waals surface area contributed by atoms with Crippen LogP contribution in [0.2, 0.25) is 8.87 Å². The molecule has 0 N–H and O–H groups in total. The van der Waals surface area contributed by atoms with Crippen LogP contribution in [0.15, 0.2) is 0 Å². The third-order valence-corrected chi connectivity index (χ3v) is 205. The van der Waals surface area contributed by atoms with E-state index in [9.17, 15) is 0 Å². The van der Waals surface area contributed by atoms with Crippen LogP contribution in [0.25, 0.3) is 0 Å². The molecule has 0 atom stereocenters. The van der Waals surface area contributed by atoms with Gasteiger partial charge in [0.25, 0.3) is 0 Å². The molecule has 86 valence electrons. The van der Waals surface area contributed by atoms with Crippen LogP contribution in [0.1, 0.15) is 39.5 Å². The molecule has 0 amide bonds. The molecule has 0 bridgehead atoms. The summed E-state index contributed by atoms with van der Waals surface area (Å²) in [6.45, 7) is 4.74. The molecule has 1 fully saturated rings. The van der Waals surface area contributed by atoms with Crippen molar-refractivity contribution in [3.05, 3.63) is 0 Å². The Bertz CT molecular complexity index is 165. The van der Waals surface area contributed by atoms with Crippen LogP contribution in [0.3, 0.4) is 0 Å². The average Bonchev–Trinajstić information content (AvgIpc) is 2.08. The van der Waals surface area contributed by atoms with E-state index in [-0.39, 0.29) is 22.1 Å². The van der Waals surface area contributed by atoms with Crippen LogP contribution in [0, 0.1) is 0 Å². The molecule has 1 heterocycles. The third kappa shape index (κ3) is 4.28. The van der Waals surface area contributed by atoms with Crippen LogP contribution in [0.4, 0.5) is 0 Å². The van der Waals surface area contributed by atoms with Crippen molar-refractivity contribution >= 4 is 43.1 Å².